The summed E-state index contributed by atoms with van der Waals surface area (Å²) in [6.45, 7) is 3.87. The number of carbonyl (C=O) groups excluding carboxylic acids is 1. The first-order valence-corrected chi connectivity index (χ1v) is 13.2. The van der Waals surface area contributed by atoms with E-state index in [1.54, 1.807) is 16.2 Å². The average Bonchev–Trinajstić information content (AvgIpc) is 3.52. The van der Waals surface area contributed by atoms with Crippen LogP contribution in [0.3, 0.4) is 0 Å². The van der Waals surface area contributed by atoms with Crippen molar-refractivity contribution in [3.63, 3.8) is 0 Å². The number of benzene rings is 2. The molecular formula is C31H28Cl2N4O2. The maximum Gasteiger partial charge on any atom is 0.274 e. The summed E-state index contributed by atoms with van der Waals surface area (Å²) in [5.41, 5.74) is 7.70. The molecule has 3 heterocycles. The molecule has 0 aliphatic rings. The highest BCUT2D eigenvalue weighted by Crippen LogP contribution is 2.42. The molecule has 5 aromatic rings. The summed E-state index contributed by atoms with van der Waals surface area (Å²) < 4.78 is 5.27. The highest BCUT2D eigenvalue weighted by atomic mass is 35.5. The van der Waals surface area contributed by atoms with Crippen LogP contribution in [0.1, 0.15) is 23.1 Å². The van der Waals surface area contributed by atoms with Crippen LogP contribution in [0.15, 0.2) is 77.6 Å². The largest absolute Gasteiger partial charge is 0.380 e. The molecule has 0 radical (unpaired) electrons. The molecule has 39 heavy (non-hydrogen) atoms. The third-order valence-electron chi connectivity index (χ3n) is 7.17. The standard InChI is InChI=1S/C31H28Cl2N4O2/c1-19(34(3)4)14-36-16-21(12-23(36)18-38)24-8-6-10-26(29(24)32)27-11-7-9-25(30(27)33)22-13-28-31(39)35(5)20(2)15-37(28)17-22/h6-18H,1-5H3/b19-14-. The second kappa shape index (κ2) is 10.3. The van der Waals surface area contributed by atoms with E-state index in [2.05, 4.69) is 0 Å². The molecule has 0 amide bonds. The fraction of sp³-hybridized carbons (Fsp3) is 0.161. The summed E-state index contributed by atoms with van der Waals surface area (Å²) in [7, 11) is 5.66. The van der Waals surface area contributed by atoms with E-state index in [-0.39, 0.29) is 5.56 Å². The molecule has 0 bridgehead atoms. The molecule has 0 saturated carbocycles. The summed E-state index contributed by atoms with van der Waals surface area (Å²) in [6.07, 6.45) is 8.47. The zero-order valence-electron chi connectivity index (χ0n) is 22.4. The number of halogens is 2. The van der Waals surface area contributed by atoms with Crippen LogP contribution in [0.25, 0.3) is 45.1 Å². The van der Waals surface area contributed by atoms with Crippen molar-refractivity contribution >= 4 is 41.2 Å². The number of aldehydes is 1. The predicted molar refractivity (Wildman–Crippen MR) is 161 cm³/mol. The van der Waals surface area contributed by atoms with Crippen LogP contribution in [0.5, 0.6) is 0 Å². The first-order valence-electron chi connectivity index (χ1n) is 12.4. The van der Waals surface area contributed by atoms with Gasteiger partial charge >= 0.3 is 0 Å². The van der Waals surface area contributed by atoms with Crippen LogP contribution in [0.2, 0.25) is 10.0 Å². The zero-order chi connectivity index (χ0) is 28.0. The predicted octanol–water partition coefficient (Wildman–Crippen LogP) is 7.25. The SMILES string of the molecule is C/C(=C/n1cc(-c2cccc(-c3cccc(-c4cc5c(=O)n(C)c(C)cn5c4)c3Cl)c2Cl)cc1C=O)N(C)C. The van der Waals surface area contributed by atoms with E-state index in [1.807, 2.05) is 111 Å². The zero-order valence-corrected chi connectivity index (χ0v) is 23.9. The van der Waals surface area contributed by atoms with Crippen molar-refractivity contribution < 1.29 is 4.79 Å². The monoisotopic (exact) mass is 558 g/mol. The average molecular weight is 559 g/mol. The van der Waals surface area contributed by atoms with Gasteiger partial charge < -0.3 is 18.4 Å². The van der Waals surface area contributed by atoms with E-state index in [1.165, 1.54) is 0 Å². The van der Waals surface area contributed by atoms with Gasteiger partial charge in [-0.1, -0.05) is 59.6 Å². The molecule has 0 N–H and O–H groups in total. The van der Waals surface area contributed by atoms with E-state index in [0.29, 0.717) is 21.3 Å². The number of hydrogen-bond donors (Lipinski definition) is 0. The fourth-order valence-corrected chi connectivity index (χ4v) is 5.29. The summed E-state index contributed by atoms with van der Waals surface area (Å²) in [5.74, 6) is 0. The number of aromatic nitrogens is 3. The van der Waals surface area contributed by atoms with Gasteiger partial charge in [-0.2, -0.15) is 0 Å². The lowest BCUT2D eigenvalue weighted by Gasteiger charge is -2.13. The van der Waals surface area contributed by atoms with Crippen molar-refractivity contribution in [3.8, 4) is 33.4 Å². The van der Waals surface area contributed by atoms with E-state index in [9.17, 15) is 9.59 Å². The minimum Gasteiger partial charge on any atom is -0.380 e. The van der Waals surface area contributed by atoms with Gasteiger partial charge in [-0.15, -0.1) is 0 Å². The van der Waals surface area contributed by atoms with E-state index in [0.717, 1.165) is 51.1 Å². The Labute approximate surface area is 236 Å². The lowest BCUT2D eigenvalue weighted by Crippen LogP contribution is -2.20. The number of hydrogen-bond acceptors (Lipinski definition) is 3. The Morgan fingerprint density at radius 3 is 2.00 bits per heavy atom. The highest BCUT2D eigenvalue weighted by Gasteiger charge is 2.18. The molecule has 0 saturated heterocycles. The van der Waals surface area contributed by atoms with Crippen molar-refractivity contribution in [2.45, 2.75) is 13.8 Å². The van der Waals surface area contributed by atoms with Gasteiger partial charge in [0.1, 0.15) is 5.52 Å². The van der Waals surface area contributed by atoms with Crippen molar-refractivity contribution in [1.29, 1.82) is 0 Å². The smallest absolute Gasteiger partial charge is 0.274 e. The molecule has 0 unspecified atom stereocenters. The van der Waals surface area contributed by atoms with Crippen molar-refractivity contribution in [2.24, 2.45) is 7.05 Å². The minimum absolute atomic E-state index is 0.0680. The first-order chi connectivity index (χ1) is 18.6. The first kappa shape index (κ1) is 26.6. The number of aryl methyl sites for hydroxylation is 1. The van der Waals surface area contributed by atoms with E-state index < -0.39 is 0 Å². The summed E-state index contributed by atoms with van der Waals surface area (Å²) >= 11 is 14.0. The van der Waals surface area contributed by atoms with Gasteiger partial charge in [-0.25, -0.2) is 0 Å². The van der Waals surface area contributed by atoms with Gasteiger partial charge in [0.25, 0.3) is 5.56 Å². The molecule has 198 valence electrons. The third-order valence-corrected chi connectivity index (χ3v) is 7.98. The topological polar surface area (TPSA) is 51.6 Å². The Bertz CT molecular complexity index is 1840. The molecule has 0 atom stereocenters. The molecule has 0 fully saturated rings. The third kappa shape index (κ3) is 4.71. The molecule has 0 aliphatic carbocycles. The molecule has 3 aromatic heterocycles. The summed E-state index contributed by atoms with van der Waals surface area (Å²) in [6, 6.07) is 15.3. The van der Waals surface area contributed by atoms with Crippen LogP contribution in [-0.4, -0.2) is 38.8 Å². The molecule has 5 rings (SSSR count). The molecular weight excluding hydrogens is 531 g/mol. The van der Waals surface area contributed by atoms with Gasteiger partial charge in [0, 0.05) is 90.7 Å². The molecule has 0 spiro atoms. The van der Waals surface area contributed by atoms with Crippen molar-refractivity contribution in [3.05, 3.63) is 105 Å². The van der Waals surface area contributed by atoms with Crippen LogP contribution >= 0.6 is 23.2 Å². The van der Waals surface area contributed by atoms with Crippen LogP contribution < -0.4 is 5.56 Å². The highest BCUT2D eigenvalue weighted by molar-refractivity contribution is 6.39. The van der Waals surface area contributed by atoms with Gasteiger partial charge in [-0.05, 0) is 26.0 Å². The van der Waals surface area contributed by atoms with Crippen molar-refractivity contribution in [1.82, 2.24) is 18.4 Å². The summed E-state index contributed by atoms with van der Waals surface area (Å²) in [4.78, 5) is 26.6. The summed E-state index contributed by atoms with van der Waals surface area (Å²) in [5, 5.41) is 1.07. The lowest BCUT2D eigenvalue weighted by atomic mass is 9.97. The lowest BCUT2D eigenvalue weighted by molar-refractivity contribution is 0.111. The normalized spacial score (nSPS) is 11.8. The second-order valence-electron chi connectivity index (χ2n) is 9.83. The number of fused-ring (bicyclic) bond motifs is 1. The van der Waals surface area contributed by atoms with E-state index >= 15 is 0 Å². The Morgan fingerprint density at radius 1 is 0.872 bits per heavy atom. The number of carbonyl (C=O) groups is 1. The maximum atomic E-state index is 12.8. The van der Waals surface area contributed by atoms with Gasteiger partial charge in [-0.3, -0.25) is 9.59 Å². The second-order valence-corrected chi connectivity index (χ2v) is 10.6. The quantitative estimate of drug-likeness (QED) is 0.206. The minimum atomic E-state index is -0.0680. The van der Waals surface area contributed by atoms with Gasteiger partial charge in [0.05, 0.1) is 15.7 Å². The van der Waals surface area contributed by atoms with Crippen LogP contribution in [-0.2, 0) is 7.05 Å². The fourth-order valence-electron chi connectivity index (χ4n) is 4.62. The van der Waals surface area contributed by atoms with Crippen molar-refractivity contribution in [2.75, 3.05) is 14.1 Å². The Morgan fingerprint density at radius 2 is 1.44 bits per heavy atom. The number of nitrogens with zero attached hydrogens (tertiary/aromatic N) is 4. The Balaban J connectivity index is 1.61. The molecule has 8 heteroatoms. The van der Waals surface area contributed by atoms with Gasteiger partial charge in [0.2, 0.25) is 0 Å². The van der Waals surface area contributed by atoms with Crippen LogP contribution in [0.4, 0.5) is 0 Å². The maximum absolute atomic E-state index is 12.8. The number of allylic oxidation sites excluding steroid dienone is 1. The van der Waals surface area contributed by atoms with Gasteiger partial charge in [0.15, 0.2) is 6.29 Å². The Kier molecular flexibility index (Phi) is 7.02. The number of rotatable bonds is 6. The molecule has 0 aliphatic heterocycles. The Hall–Kier alpha value is -4.00. The molecule has 6 nitrogen and oxygen atoms in total. The van der Waals surface area contributed by atoms with E-state index in [4.69, 9.17) is 23.2 Å². The van der Waals surface area contributed by atoms with Crippen LogP contribution in [0, 0.1) is 6.92 Å². The molecule has 2 aromatic carbocycles.